The van der Waals surface area contributed by atoms with Crippen molar-refractivity contribution >= 4 is 0 Å². The Labute approximate surface area is 153 Å². The van der Waals surface area contributed by atoms with Crippen molar-refractivity contribution in [1.29, 1.82) is 5.26 Å². The molecule has 2 heteroatoms. The van der Waals surface area contributed by atoms with Gasteiger partial charge >= 0.3 is 0 Å². The molecule has 0 heterocycles. The van der Waals surface area contributed by atoms with Crippen LogP contribution >= 0.6 is 0 Å². The lowest BCUT2D eigenvalue weighted by Crippen LogP contribution is -2.14. The molecule has 2 aliphatic rings. The first kappa shape index (κ1) is 20.0. The van der Waals surface area contributed by atoms with Crippen molar-refractivity contribution in [2.24, 2.45) is 23.7 Å². The molecule has 2 fully saturated rings. The third-order valence-corrected chi connectivity index (χ3v) is 6.06. The van der Waals surface area contributed by atoms with Gasteiger partial charge in [0.15, 0.2) is 5.83 Å². The molecule has 2 aliphatic carbocycles. The van der Waals surface area contributed by atoms with Gasteiger partial charge in [0.2, 0.25) is 0 Å². The predicted octanol–water partition coefficient (Wildman–Crippen LogP) is 7.28. The van der Waals surface area contributed by atoms with Crippen LogP contribution in [0.25, 0.3) is 0 Å². The van der Waals surface area contributed by atoms with E-state index in [2.05, 4.69) is 25.2 Å². The maximum absolute atomic E-state index is 12.8. The average Bonchev–Trinajstić information content (AvgIpc) is 2.66. The first-order valence-corrected chi connectivity index (χ1v) is 10.3. The number of hydrogen-bond acceptors (Lipinski definition) is 1. The Kier molecular flexibility index (Phi) is 9.02. The summed E-state index contributed by atoms with van der Waals surface area (Å²) in [6, 6.07) is 1.50. The minimum absolute atomic E-state index is 0.543. The van der Waals surface area contributed by atoms with Crippen molar-refractivity contribution in [1.82, 2.24) is 0 Å². The van der Waals surface area contributed by atoms with Crippen molar-refractivity contribution < 1.29 is 4.39 Å². The highest BCUT2D eigenvalue weighted by Crippen LogP contribution is 2.34. The first-order chi connectivity index (χ1) is 12.2. The molecule has 0 radical (unpaired) electrons. The van der Waals surface area contributed by atoms with Crippen molar-refractivity contribution in [2.75, 3.05) is 0 Å². The number of nitriles is 1. The van der Waals surface area contributed by atoms with E-state index in [0.29, 0.717) is 5.92 Å². The SMILES string of the molecule is CCCCC1CCC(C=CC2CCC(C=CC=C(F)C#N)CC2)CC1. The summed E-state index contributed by atoms with van der Waals surface area (Å²) in [5, 5.41) is 8.39. The van der Waals surface area contributed by atoms with Crippen LogP contribution in [0.3, 0.4) is 0 Å². The summed E-state index contributed by atoms with van der Waals surface area (Å²) in [7, 11) is 0. The van der Waals surface area contributed by atoms with Gasteiger partial charge in [0.25, 0.3) is 0 Å². The quantitative estimate of drug-likeness (QED) is 0.271. The van der Waals surface area contributed by atoms with Crippen molar-refractivity contribution in [3.8, 4) is 6.07 Å². The average molecular weight is 344 g/mol. The van der Waals surface area contributed by atoms with E-state index in [9.17, 15) is 4.39 Å². The Bertz CT molecular complexity index is 495. The largest absolute Gasteiger partial charge is 0.199 e. The Morgan fingerprint density at radius 2 is 1.44 bits per heavy atom. The third kappa shape index (κ3) is 7.59. The third-order valence-electron chi connectivity index (χ3n) is 6.06. The smallest absolute Gasteiger partial charge is 0.195 e. The van der Waals surface area contributed by atoms with Gasteiger partial charge in [-0.15, -0.1) is 0 Å². The van der Waals surface area contributed by atoms with Crippen LogP contribution in [0.2, 0.25) is 0 Å². The Morgan fingerprint density at radius 1 is 0.920 bits per heavy atom. The molecule has 0 bridgehead atoms. The van der Waals surface area contributed by atoms with E-state index in [1.165, 1.54) is 82.8 Å². The Morgan fingerprint density at radius 3 is 1.96 bits per heavy atom. The highest BCUT2D eigenvalue weighted by atomic mass is 19.1. The fourth-order valence-electron chi connectivity index (χ4n) is 4.34. The lowest BCUT2D eigenvalue weighted by molar-refractivity contribution is 0.289. The molecule has 1 nitrogen and oxygen atoms in total. The number of rotatable bonds is 7. The van der Waals surface area contributed by atoms with Gasteiger partial charge in [0.05, 0.1) is 0 Å². The zero-order valence-electron chi connectivity index (χ0n) is 15.8. The van der Waals surface area contributed by atoms with Crippen LogP contribution in [0.5, 0.6) is 0 Å². The van der Waals surface area contributed by atoms with Gasteiger partial charge in [0, 0.05) is 0 Å². The highest BCUT2D eigenvalue weighted by Gasteiger charge is 2.20. The van der Waals surface area contributed by atoms with Crippen LogP contribution in [0.4, 0.5) is 4.39 Å². The molecule has 138 valence electrons. The summed E-state index contributed by atoms with van der Waals surface area (Å²) in [5.74, 6) is 2.37. The van der Waals surface area contributed by atoms with E-state index in [4.69, 9.17) is 5.26 Å². The molecular weight excluding hydrogens is 309 g/mol. The van der Waals surface area contributed by atoms with Gasteiger partial charge in [0.1, 0.15) is 6.07 Å². The lowest BCUT2D eigenvalue weighted by Gasteiger charge is -2.28. The second-order valence-corrected chi connectivity index (χ2v) is 7.99. The van der Waals surface area contributed by atoms with Crippen LogP contribution in [-0.2, 0) is 0 Å². The molecule has 2 rings (SSSR count). The van der Waals surface area contributed by atoms with Crippen molar-refractivity contribution in [3.05, 3.63) is 36.2 Å². The summed E-state index contributed by atoms with van der Waals surface area (Å²) >= 11 is 0. The van der Waals surface area contributed by atoms with Crippen LogP contribution < -0.4 is 0 Å². The maximum atomic E-state index is 12.8. The number of nitrogens with zero attached hydrogens (tertiary/aromatic N) is 1. The summed E-state index contributed by atoms with van der Waals surface area (Å²) in [4.78, 5) is 0. The molecule has 0 aromatic heterocycles. The van der Waals surface area contributed by atoms with Crippen LogP contribution in [0, 0.1) is 35.0 Å². The van der Waals surface area contributed by atoms with Crippen molar-refractivity contribution in [3.63, 3.8) is 0 Å². The minimum atomic E-state index is -0.711. The monoisotopic (exact) mass is 343 g/mol. The summed E-state index contributed by atoms with van der Waals surface area (Å²) in [6.45, 7) is 2.29. The first-order valence-electron chi connectivity index (χ1n) is 10.3. The molecule has 0 aromatic rings. The van der Waals surface area contributed by atoms with E-state index >= 15 is 0 Å². The zero-order chi connectivity index (χ0) is 17.9. The van der Waals surface area contributed by atoms with E-state index in [1.54, 1.807) is 6.08 Å². The second-order valence-electron chi connectivity index (χ2n) is 7.99. The maximum Gasteiger partial charge on any atom is 0.199 e. The molecular formula is C23H34FN. The molecule has 0 amide bonds. The molecule has 0 saturated heterocycles. The van der Waals surface area contributed by atoms with Crippen LogP contribution in [0.1, 0.15) is 77.6 Å². The Balaban J connectivity index is 1.65. The standard InChI is InChI=1S/C23H34FN/c1-2-3-5-19-8-12-21(13-9-19)16-17-22-14-10-20(11-15-22)6-4-7-23(24)18-25/h4,6-7,16-17,19-22H,2-3,5,8-15H2,1H3. The molecule has 0 atom stereocenters. The fourth-order valence-corrected chi connectivity index (χ4v) is 4.34. The molecule has 2 saturated carbocycles. The number of allylic oxidation sites excluding steroid dienone is 6. The van der Waals surface area contributed by atoms with Crippen LogP contribution in [0.15, 0.2) is 36.2 Å². The molecule has 0 aromatic carbocycles. The second kappa shape index (κ2) is 11.3. The fraction of sp³-hybridized carbons (Fsp3) is 0.696. The van der Waals surface area contributed by atoms with Gasteiger partial charge in [-0.3, -0.25) is 0 Å². The number of halogens is 1. The van der Waals surface area contributed by atoms with Gasteiger partial charge in [-0.2, -0.15) is 9.65 Å². The van der Waals surface area contributed by atoms with Crippen LogP contribution in [-0.4, -0.2) is 0 Å². The van der Waals surface area contributed by atoms with E-state index in [-0.39, 0.29) is 0 Å². The summed E-state index contributed by atoms with van der Waals surface area (Å²) in [5.41, 5.74) is 0. The number of unbranched alkanes of at least 4 members (excludes halogenated alkanes) is 1. The van der Waals surface area contributed by atoms with Gasteiger partial charge in [-0.25, -0.2) is 0 Å². The number of hydrogen-bond donors (Lipinski definition) is 0. The van der Waals surface area contributed by atoms with E-state index < -0.39 is 5.83 Å². The van der Waals surface area contributed by atoms with E-state index in [0.717, 1.165) is 17.8 Å². The summed E-state index contributed by atoms with van der Waals surface area (Å²) in [6.07, 6.45) is 24.7. The van der Waals surface area contributed by atoms with Crippen molar-refractivity contribution in [2.45, 2.75) is 77.6 Å². The summed E-state index contributed by atoms with van der Waals surface area (Å²) < 4.78 is 12.8. The van der Waals surface area contributed by atoms with Gasteiger partial charge < -0.3 is 0 Å². The van der Waals surface area contributed by atoms with Gasteiger partial charge in [-0.05, 0) is 81.1 Å². The van der Waals surface area contributed by atoms with E-state index in [1.807, 2.05) is 0 Å². The van der Waals surface area contributed by atoms with Gasteiger partial charge in [-0.1, -0.05) is 50.5 Å². The predicted molar refractivity (Wildman–Crippen MR) is 104 cm³/mol. The highest BCUT2D eigenvalue weighted by molar-refractivity contribution is 5.19. The Hall–Kier alpha value is -1.36. The lowest BCUT2D eigenvalue weighted by atomic mass is 9.78. The topological polar surface area (TPSA) is 23.8 Å². The zero-order valence-corrected chi connectivity index (χ0v) is 15.8. The normalized spacial score (nSPS) is 31.5. The molecule has 25 heavy (non-hydrogen) atoms. The molecule has 0 aliphatic heterocycles. The molecule has 0 unspecified atom stereocenters. The molecule has 0 N–H and O–H groups in total. The minimum Gasteiger partial charge on any atom is -0.195 e. The molecule has 0 spiro atoms.